The van der Waals surface area contributed by atoms with E-state index in [2.05, 4.69) is 15.4 Å². The molecule has 182 valence electrons. The Labute approximate surface area is 206 Å². The van der Waals surface area contributed by atoms with Crippen LogP contribution in [-0.4, -0.2) is 32.8 Å². The summed E-state index contributed by atoms with van der Waals surface area (Å²) in [6.45, 7) is 0.457. The third-order valence-corrected chi connectivity index (χ3v) is 7.56. The fourth-order valence-corrected chi connectivity index (χ4v) is 5.53. The van der Waals surface area contributed by atoms with Gasteiger partial charge in [0, 0.05) is 18.2 Å². The number of rotatable bonds is 9. The number of benzene rings is 3. The van der Waals surface area contributed by atoms with Gasteiger partial charge >= 0.3 is 0 Å². The van der Waals surface area contributed by atoms with Crippen molar-refractivity contribution in [1.82, 2.24) is 10.0 Å². The molecule has 0 bridgehead atoms. The summed E-state index contributed by atoms with van der Waals surface area (Å²) in [6, 6.07) is 22.4. The zero-order chi connectivity index (χ0) is 24.7. The fourth-order valence-electron chi connectivity index (χ4n) is 4.18. The molecule has 0 atom stereocenters. The smallest absolute Gasteiger partial charge is 0.255 e. The lowest BCUT2D eigenvalue weighted by Gasteiger charge is -2.14. The molecule has 0 unspecified atom stereocenters. The van der Waals surface area contributed by atoms with Crippen LogP contribution in [0.25, 0.3) is 0 Å². The maximum atomic E-state index is 13.0. The molecule has 4 rings (SSSR count). The molecular weight excluding hydrogens is 462 g/mol. The molecule has 0 aliphatic heterocycles. The monoisotopic (exact) mass is 491 g/mol. The number of hydrogen-bond donors (Lipinski definition) is 3. The van der Waals surface area contributed by atoms with E-state index in [9.17, 15) is 18.0 Å². The van der Waals surface area contributed by atoms with Gasteiger partial charge in [-0.25, -0.2) is 13.1 Å². The first kappa shape index (κ1) is 24.6. The average molecular weight is 492 g/mol. The molecule has 0 spiro atoms. The lowest BCUT2D eigenvalue weighted by Crippen LogP contribution is -2.32. The molecule has 1 aliphatic rings. The van der Waals surface area contributed by atoms with Crippen molar-refractivity contribution in [2.45, 2.75) is 43.0 Å². The van der Waals surface area contributed by atoms with Gasteiger partial charge in [-0.15, -0.1) is 0 Å². The molecule has 0 aromatic heterocycles. The number of anilines is 1. The predicted molar refractivity (Wildman–Crippen MR) is 136 cm³/mol. The molecule has 1 fully saturated rings. The van der Waals surface area contributed by atoms with Gasteiger partial charge in [-0.1, -0.05) is 61.4 Å². The molecule has 1 aliphatic carbocycles. The SMILES string of the molecule is O=C(Nc1ccccc1C(=O)NCCc1ccccc1)c1cccc(S(=O)(=O)NC2CCCC2)c1. The minimum atomic E-state index is -3.72. The van der Waals surface area contributed by atoms with Crippen molar-refractivity contribution in [2.75, 3.05) is 11.9 Å². The van der Waals surface area contributed by atoms with Gasteiger partial charge in [0.2, 0.25) is 10.0 Å². The molecule has 3 N–H and O–H groups in total. The van der Waals surface area contributed by atoms with Crippen molar-refractivity contribution < 1.29 is 18.0 Å². The summed E-state index contributed by atoms with van der Waals surface area (Å²) in [6.07, 6.45) is 4.36. The van der Waals surface area contributed by atoms with Crippen LogP contribution in [0.15, 0.2) is 83.8 Å². The second-order valence-electron chi connectivity index (χ2n) is 8.62. The first-order chi connectivity index (χ1) is 16.9. The van der Waals surface area contributed by atoms with Crippen molar-refractivity contribution in [3.8, 4) is 0 Å². The molecule has 0 radical (unpaired) electrons. The fraction of sp³-hybridized carbons (Fsp3) is 0.259. The molecule has 0 heterocycles. The van der Waals surface area contributed by atoms with Crippen molar-refractivity contribution in [3.63, 3.8) is 0 Å². The van der Waals surface area contributed by atoms with Crippen LogP contribution in [0.4, 0.5) is 5.69 Å². The highest BCUT2D eigenvalue weighted by atomic mass is 32.2. The molecule has 2 amide bonds. The Balaban J connectivity index is 1.43. The Hall–Kier alpha value is -3.49. The number of amides is 2. The van der Waals surface area contributed by atoms with E-state index in [0.29, 0.717) is 24.2 Å². The van der Waals surface area contributed by atoms with Gasteiger partial charge in [0.1, 0.15) is 0 Å². The average Bonchev–Trinajstić information content (AvgIpc) is 3.37. The van der Waals surface area contributed by atoms with Gasteiger partial charge in [0.15, 0.2) is 0 Å². The highest BCUT2D eigenvalue weighted by Crippen LogP contribution is 2.22. The summed E-state index contributed by atoms with van der Waals surface area (Å²) in [4.78, 5) is 25.8. The van der Waals surface area contributed by atoms with Crippen molar-refractivity contribution in [1.29, 1.82) is 0 Å². The zero-order valence-electron chi connectivity index (χ0n) is 19.4. The van der Waals surface area contributed by atoms with E-state index in [-0.39, 0.29) is 22.4 Å². The second kappa shape index (κ2) is 11.3. The first-order valence-corrected chi connectivity index (χ1v) is 13.3. The Morgan fingerprint density at radius 2 is 1.54 bits per heavy atom. The molecule has 7 nitrogen and oxygen atoms in total. The lowest BCUT2D eigenvalue weighted by molar-refractivity contribution is 0.0955. The minimum absolute atomic E-state index is 0.0454. The topological polar surface area (TPSA) is 104 Å². The molecule has 8 heteroatoms. The van der Waals surface area contributed by atoms with E-state index in [1.165, 1.54) is 12.1 Å². The standard InChI is InChI=1S/C27H29N3O4S/c31-26(21-11-8-14-23(19-21)35(33,34)30-22-12-4-5-13-22)29-25-16-7-6-15-24(25)27(32)28-18-17-20-9-2-1-3-10-20/h1-3,6-11,14-16,19,22,30H,4-5,12-13,17-18H2,(H,28,32)(H,29,31). The van der Waals surface area contributed by atoms with Crippen LogP contribution < -0.4 is 15.4 Å². The van der Waals surface area contributed by atoms with Gasteiger partial charge in [0.05, 0.1) is 16.1 Å². The number of sulfonamides is 1. The quantitative estimate of drug-likeness (QED) is 0.419. The van der Waals surface area contributed by atoms with Gasteiger partial charge in [0.25, 0.3) is 11.8 Å². The zero-order valence-corrected chi connectivity index (χ0v) is 20.2. The predicted octanol–water partition coefficient (Wildman–Crippen LogP) is 4.13. The molecule has 0 saturated heterocycles. The third kappa shape index (κ3) is 6.55. The van der Waals surface area contributed by atoms with E-state index < -0.39 is 15.9 Å². The van der Waals surface area contributed by atoms with Crippen LogP contribution >= 0.6 is 0 Å². The minimum Gasteiger partial charge on any atom is -0.352 e. The van der Waals surface area contributed by atoms with Gasteiger partial charge in [-0.2, -0.15) is 0 Å². The van der Waals surface area contributed by atoms with Crippen LogP contribution in [0.2, 0.25) is 0 Å². The summed E-state index contributed by atoms with van der Waals surface area (Å²) in [5, 5.41) is 5.64. The molecule has 3 aromatic rings. The van der Waals surface area contributed by atoms with Gasteiger partial charge < -0.3 is 10.6 Å². The summed E-state index contributed by atoms with van der Waals surface area (Å²) in [5.74, 6) is -0.790. The summed E-state index contributed by atoms with van der Waals surface area (Å²) < 4.78 is 28.3. The van der Waals surface area contributed by atoms with Gasteiger partial charge in [-0.05, 0) is 55.2 Å². The summed E-state index contributed by atoms with van der Waals surface area (Å²) in [5.41, 5.74) is 2.00. The van der Waals surface area contributed by atoms with Crippen LogP contribution in [-0.2, 0) is 16.4 Å². The molecular formula is C27H29N3O4S. The van der Waals surface area contributed by atoms with E-state index in [1.54, 1.807) is 36.4 Å². The maximum Gasteiger partial charge on any atom is 0.255 e. The van der Waals surface area contributed by atoms with Crippen molar-refractivity contribution in [2.24, 2.45) is 0 Å². The van der Waals surface area contributed by atoms with Crippen molar-refractivity contribution in [3.05, 3.63) is 95.6 Å². The Bertz CT molecular complexity index is 1290. The Morgan fingerprint density at radius 3 is 2.31 bits per heavy atom. The molecule has 35 heavy (non-hydrogen) atoms. The van der Waals surface area contributed by atoms with Crippen molar-refractivity contribution >= 4 is 27.5 Å². The maximum absolute atomic E-state index is 13.0. The molecule has 3 aromatic carbocycles. The van der Waals surface area contributed by atoms with E-state index >= 15 is 0 Å². The number of carbonyl (C=O) groups excluding carboxylic acids is 2. The third-order valence-electron chi connectivity index (χ3n) is 6.05. The number of hydrogen-bond acceptors (Lipinski definition) is 4. The largest absolute Gasteiger partial charge is 0.352 e. The summed E-state index contributed by atoms with van der Waals surface area (Å²) >= 11 is 0. The second-order valence-corrected chi connectivity index (χ2v) is 10.3. The number of nitrogens with one attached hydrogen (secondary N) is 3. The van der Waals surface area contributed by atoms with Crippen LogP contribution in [0.3, 0.4) is 0 Å². The number of carbonyl (C=O) groups is 2. The first-order valence-electron chi connectivity index (χ1n) is 11.8. The normalized spacial score (nSPS) is 13.9. The highest BCUT2D eigenvalue weighted by Gasteiger charge is 2.24. The Morgan fingerprint density at radius 1 is 0.829 bits per heavy atom. The lowest BCUT2D eigenvalue weighted by atomic mass is 10.1. The van der Waals surface area contributed by atoms with Crippen LogP contribution in [0.1, 0.15) is 52.0 Å². The van der Waals surface area contributed by atoms with Gasteiger partial charge in [-0.3, -0.25) is 9.59 Å². The summed E-state index contributed by atoms with van der Waals surface area (Å²) in [7, 11) is -3.72. The molecule has 1 saturated carbocycles. The number of para-hydroxylation sites is 1. The van der Waals surface area contributed by atoms with E-state index in [4.69, 9.17) is 0 Å². The van der Waals surface area contributed by atoms with E-state index in [1.807, 2.05) is 30.3 Å². The Kier molecular flexibility index (Phi) is 7.94. The van der Waals surface area contributed by atoms with E-state index in [0.717, 1.165) is 31.2 Å². The van der Waals surface area contributed by atoms with Crippen LogP contribution in [0, 0.1) is 0 Å². The van der Waals surface area contributed by atoms with Crippen LogP contribution in [0.5, 0.6) is 0 Å². The highest BCUT2D eigenvalue weighted by molar-refractivity contribution is 7.89.